The number of hydrogen-bond acceptors (Lipinski definition) is 5. The van der Waals surface area contributed by atoms with Gasteiger partial charge in [-0.2, -0.15) is 5.26 Å². The summed E-state index contributed by atoms with van der Waals surface area (Å²) in [5.74, 6) is -0.561. The van der Waals surface area contributed by atoms with E-state index in [1.54, 1.807) is 0 Å². The number of carbonyl (C=O) groups excluding carboxylic acids is 1. The van der Waals surface area contributed by atoms with Crippen LogP contribution in [-0.4, -0.2) is 22.6 Å². The number of aromatic hydroxyl groups is 1. The number of hydrogen-bond donors (Lipinski definition) is 1. The number of carbonyl (C=O) groups is 1. The average Bonchev–Trinajstić information content (AvgIpc) is 2.59. The largest absolute Gasteiger partial charge is 0.495 e. The van der Waals surface area contributed by atoms with Crippen LogP contribution >= 0.6 is 11.6 Å². The molecule has 0 fully saturated rings. The summed E-state index contributed by atoms with van der Waals surface area (Å²) in [4.78, 5) is 25.2. The molecule has 0 amide bonds. The second kappa shape index (κ2) is 7.41. The summed E-state index contributed by atoms with van der Waals surface area (Å²) >= 11 is 6.06. The van der Waals surface area contributed by atoms with Crippen molar-refractivity contribution in [1.29, 1.82) is 5.26 Å². The smallest absolute Gasteiger partial charge is 0.271 e. The van der Waals surface area contributed by atoms with E-state index in [1.807, 2.05) is 13.0 Å². The normalized spacial score (nSPS) is 10.4. The van der Waals surface area contributed by atoms with Crippen molar-refractivity contribution in [2.24, 2.45) is 0 Å². The molecule has 0 saturated heterocycles. The van der Waals surface area contributed by atoms with Crippen molar-refractivity contribution in [3.8, 4) is 17.7 Å². The van der Waals surface area contributed by atoms with Crippen molar-refractivity contribution in [2.45, 2.75) is 26.8 Å². The van der Waals surface area contributed by atoms with Crippen molar-refractivity contribution >= 4 is 17.4 Å². The Hall–Kier alpha value is -2.78. The van der Waals surface area contributed by atoms with Crippen molar-refractivity contribution in [1.82, 2.24) is 4.57 Å². The fourth-order valence-electron chi connectivity index (χ4n) is 2.61. The molecule has 1 N–H and O–H groups in total. The molecule has 25 heavy (non-hydrogen) atoms. The zero-order valence-electron chi connectivity index (χ0n) is 14.1. The number of nitrogens with zero attached hydrogens (tertiary/aromatic N) is 2. The van der Waals surface area contributed by atoms with Gasteiger partial charge in [-0.25, -0.2) is 0 Å². The molecule has 0 aliphatic carbocycles. The number of pyridine rings is 1. The number of ether oxygens (including phenoxy) is 1. The van der Waals surface area contributed by atoms with Gasteiger partial charge in [-0.15, -0.1) is 0 Å². The van der Waals surface area contributed by atoms with Gasteiger partial charge in [-0.3, -0.25) is 14.2 Å². The Kier molecular flexibility index (Phi) is 5.50. The molecule has 1 aromatic heterocycles. The van der Waals surface area contributed by atoms with Crippen molar-refractivity contribution in [3.05, 3.63) is 55.8 Å². The van der Waals surface area contributed by atoms with E-state index in [1.165, 1.54) is 32.2 Å². The van der Waals surface area contributed by atoms with Gasteiger partial charge in [-0.1, -0.05) is 18.5 Å². The standard InChI is InChI=1S/C18H17ClN2O4/c1-4-7-21-17(23)12(9-20)10(2)15(18(21)24)16(22)11-5-6-14(25-3)13(19)8-11/h5-6,8,24H,4,7H2,1-3H3. The first-order chi connectivity index (χ1) is 11.9. The summed E-state index contributed by atoms with van der Waals surface area (Å²) in [6.07, 6.45) is 0.559. The van der Waals surface area contributed by atoms with Crippen molar-refractivity contribution in [2.75, 3.05) is 7.11 Å². The van der Waals surface area contributed by atoms with Crippen LogP contribution in [0.1, 0.15) is 40.4 Å². The molecule has 0 spiro atoms. The Labute approximate surface area is 149 Å². The van der Waals surface area contributed by atoms with Crippen LogP contribution in [0.5, 0.6) is 11.6 Å². The number of methoxy groups -OCH3 is 1. The third-order valence-corrected chi connectivity index (χ3v) is 4.18. The third-order valence-electron chi connectivity index (χ3n) is 3.89. The van der Waals surface area contributed by atoms with Gasteiger partial charge in [0.15, 0.2) is 5.78 Å². The summed E-state index contributed by atoms with van der Waals surface area (Å²) < 4.78 is 6.10. The molecule has 2 aromatic rings. The second-order valence-electron chi connectivity index (χ2n) is 5.45. The van der Waals surface area contributed by atoms with Crippen LogP contribution in [-0.2, 0) is 6.54 Å². The fourth-order valence-corrected chi connectivity index (χ4v) is 2.86. The molecule has 1 heterocycles. The summed E-state index contributed by atoms with van der Waals surface area (Å²) in [7, 11) is 1.46. The Morgan fingerprint density at radius 1 is 1.44 bits per heavy atom. The lowest BCUT2D eigenvalue weighted by atomic mass is 9.97. The van der Waals surface area contributed by atoms with E-state index in [9.17, 15) is 20.0 Å². The predicted octanol–water partition coefficient (Wildman–Crippen LogP) is 3.04. The molecule has 7 heteroatoms. The third kappa shape index (κ3) is 3.24. The highest BCUT2D eigenvalue weighted by atomic mass is 35.5. The number of rotatable bonds is 5. The van der Waals surface area contributed by atoms with Gasteiger partial charge >= 0.3 is 0 Å². The maximum atomic E-state index is 12.9. The molecule has 130 valence electrons. The van der Waals surface area contributed by atoms with Gasteiger partial charge < -0.3 is 9.84 Å². The number of benzene rings is 1. The molecule has 0 aliphatic heterocycles. The van der Waals surface area contributed by atoms with E-state index in [4.69, 9.17) is 16.3 Å². The monoisotopic (exact) mass is 360 g/mol. The van der Waals surface area contributed by atoms with Gasteiger partial charge in [0.2, 0.25) is 5.88 Å². The maximum Gasteiger partial charge on any atom is 0.271 e. The lowest BCUT2D eigenvalue weighted by molar-refractivity contribution is 0.103. The maximum absolute atomic E-state index is 12.9. The van der Waals surface area contributed by atoms with E-state index >= 15 is 0 Å². The zero-order chi connectivity index (χ0) is 18.7. The highest BCUT2D eigenvalue weighted by molar-refractivity contribution is 6.32. The van der Waals surface area contributed by atoms with E-state index in [0.29, 0.717) is 12.2 Å². The van der Waals surface area contributed by atoms with Crippen LogP contribution in [0.25, 0.3) is 0 Å². The molecule has 0 saturated carbocycles. The Bertz CT molecular complexity index is 942. The van der Waals surface area contributed by atoms with Crippen LogP contribution in [0.3, 0.4) is 0 Å². The van der Waals surface area contributed by atoms with Crippen LogP contribution in [0.2, 0.25) is 5.02 Å². The molecule has 1 aromatic carbocycles. The Morgan fingerprint density at radius 3 is 2.64 bits per heavy atom. The lowest BCUT2D eigenvalue weighted by Gasteiger charge is -2.15. The van der Waals surface area contributed by atoms with Crippen LogP contribution < -0.4 is 10.3 Å². The van der Waals surface area contributed by atoms with E-state index in [2.05, 4.69) is 0 Å². The van der Waals surface area contributed by atoms with Crippen LogP contribution in [0, 0.1) is 18.3 Å². The summed E-state index contributed by atoms with van der Waals surface area (Å²) in [6.45, 7) is 3.49. The second-order valence-corrected chi connectivity index (χ2v) is 5.85. The first-order valence-corrected chi connectivity index (χ1v) is 7.99. The minimum atomic E-state index is -0.608. The first-order valence-electron chi connectivity index (χ1n) is 7.62. The average molecular weight is 361 g/mol. The SMILES string of the molecule is CCCn1c(O)c(C(=O)c2ccc(OC)c(Cl)c2)c(C)c(C#N)c1=O. The highest BCUT2D eigenvalue weighted by Crippen LogP contribution is 2.29. The molecule has 0 unspecified atom stereocenters. The fraction of sp³-hybridized carbons (Fsp3) is 0.278. The molecule has 0 bridgehead atoms. The molecule has 0 radical (unpaired) electrons. The lowest BCUT2D eigenvalue weighted by Crippen LogP contribution is -2.26. The number of aromatic nitrogens is 1. The molecular formula is C18H17ClN2O4. The van der Waals surface area contributed by atoms with Crippen LogP contribution in [0.15, 0.2) is 23.0 Å². The van der Waals surface area contributed by atoms with Gasteiger partial charge in [0.1, 0.15) is 17.4 Å². The van der Waals surface area contributed by atoms with Gasteiger partial charge in [-0.05, 0) is 37.1 Å². The highest BCUT2D eigenvalue weighted by Gasteiger charge is 2.25. The Balaban J connectivity index is 2.72. The molecular weight excluding hydrogens is 344 g/mol. The zero-order valence-corrected chi connectivity index (χ0v) is 14.8. The van der Waals surface area contributed by atoms with E-state index in [-0.39, 0.29) is 33.8 Å². The summed E-state index contributed by atoms with van der Waals surface area (Å²) in [5.41, 5.74) is -0.479. The number of halogens is 1. The van der Waals surface area contributed by atoms with Crippen LogP contribution in [0.4, 0.5) is 0 Å². The molecule has 0 aliphatic rings. The van der Waals surface area contributed by atoms with Gasteiger partial charge in [0.05, 0.1) is 17.7 Å². The summed E-state index contributed by atoms with van der Waals surface area (Å²) in [6, 6.07) is 6.29. The molecule has 2 rings (SSSR count). The van der Waals surface area contributed by atoms with Gasteiger partial charge in [0, 0.05) is 12.1 Å². The molecule has 0 atom stereocenters. The number of ketones is 1. The number of nitriles is 1. The van der Waals surface area contributed by atoms with Crippen molar-refractivity contribution in [3.63, 3.8) is 0 Å². The first kappa shape index (κ1) is 18.6. The van der Waals surface area contributed by atoms with Crippen molar-refractivity contribution < 1.29 is 14.6 Å². The quantitative estimate of drug-likeness (QED) is 0.827. The predicted molar refractivity (Wildman–Crippen MR) is 93.5 cm³/mol. The minimum absolute atomic E-state index is 0.0779. The Morgan fingerprint density at radius 2 is 2.12 bits per heavy atom. The topological polar surface area (TPSA) is 92.3 Å². The summed E-state index contributed by atoms with van der Waals surface area (Å²) in [5, 5.41) is 20.0. The minimum Gasteiger partial charge on any atom is -0.495 e. The van der Waals surface area contributed by atoms with E-state index in [0.717, 1.165) is 4.57 Å². The molecule has 6 nitrogen and oxygen atoms in total. The van der Waals surface area contributed by atoms with Gasteiger partial charge in [0.25, 0.3) is 5.56 Å². The van der Waals surface area contributed by atoms with E-state index < -0.39 is 17.2 Å².